The molecule has 1 aromatic carbocycles. The summed E-state index contributed by atoms with van der Waals surface area (Å²) in [5, 5.41) is 2.82. The number of carbonyl (C=O) groups is 2. The van der Waals surface area contributed by atoms with Crippen LogP contribution in [0.2, 0.25) is 0 Å². The number of ketones is 1. The molecule has 0 unspecified atom stereocenters. The zero-order valence-corrected chi connectivity index (χ0v) is 13.2. The van der Waals surface area contributed by atoms with Crippen molar-refractivity contribution in [2.75, 3.05) is 12.3 Å². The first-order valence-electron chi connectivity index (χ1n) is 7.74. The van der Waals surface area contributed by atoms with Gasteiger partial charge in [-0.2, -0.15) is 0 Å². The highest BCUT2D eigenvalue weighted by Gasteiger charge is 2.18. The molecule has 4 N–H and O–H groups in total. The van der Waals surface area contributed by atoms with Gasteiger partial charge in [-0.3, -0.25) is 9.59 Å². The van der Waals surface area contributed by atoms with Crippen LogP contribution in [0.5, 0.6) is 5.75 Å². The molecule has 25 heavy (non-hydrogen) atoms. The van der Waals surface area contributed by atoms with Crippen molar-refractivity contribution in [1.82, 2.24) is 20.3 Å². The molecule has 8 heteroatoms. The molecule has 2 aromatic heterocycles. The van der Waals surface area contributed by atoms with Crippen molar-refractivity contribution in [2.24, 2.45) is 0 Å². The Kier molecular flexibility index (Phi) is 3.57. The van der Waals surface area contributed by atoms with Crippen molar-refractivity contribution in [3.05, 3.63) is 47.5 Å². The quantitative estimate of drug-likeness (QED) is 0.654. The number of ether oxygens (including phenoxy) is 1. The van der Waals surface area contributed by atoms with Crippen molar-refractivity contribution in [3.8, 4) is 5.75 Å². The number of benzene rings is 1. The molecule has 1 amide bonds. The number of aromatic nitrogens is 3. The van der Waals surface area contributed by atoms with Crippen molar-refractivity contribution in [1.29, 1.82) is 0 Å². The van der Waals surface area contributed by atoms with Crippen LogP contribution in [0.1, 0.15) is 21.6 Å². The number of nitrogens with one attached hydrogen (secondary N) is 2. The first-order valence-corrected chi connectivity index (χ1v) is 7.74. The molecule has 0 atom stereocenters. The lowest BCUT2D eigenvalue weighted by atomic mass is 10.0. The minimum atomic E-state index is -0.334. The summed E-state index contributed by atoms with van der Waals surface area (Å²) in [6.07, 6.45) is 3.24. The molecule has 1 aliphatic heterocycles. The van der Waals surface area contributed by atoms with E-state index >= 15 is 0 Å². The fraction of sp³-hybridized carbons (Fsp3) is 0.176. The Labute approximate surface area is 142 Å². The average Bonchev–Trinajstić information content (AvgIpc) is 3.00. The Morgan fingerprint density at radius 1 is 1.36 bits per heavy atom. The average molecular weight is 337 g/mol. The van der Waals surface area contributed by atoms with E-state index in [2.05, 4.69) is 20.3 Å². The lowest BCUT2D eigenvalue weighted by Crippen LogP contribution is -2.25. The first-order chi connectivity index (χ1) is 12.1. The number of hydrogen-bond acceptors (Lipinski definition) is 6. The third-order valence-corrected chi connectivity index (χ3v) is 4.06. The molecule has 126 valence electrons. The lowest BCUT2D eigenvalue weighted by Gasteiger charge is -2.17. The van der Waals surface area contributed by atoms with Gasteiger partial charge >= 0.3 is 0 Å². The third kappa shape index (κ3) is 2.78. The summed E-state index contributed by atoms with van der Waals surface area (Å²) >= 11 is 0. The molecule has 3 heterocycles. The van der Waals surface area contributed by atoms with Crippen molar-refractivity contribution < 1.29 is 14.3 Å². The Balaban J connectivity index is 1.52. The van der Waals surface area contributed by atoms with Crippen LogP contribution < -0.4 is 15.8 Å². The highest BCUT2D eigenvalue weighted by atomic mass is 16.5. The maximum atomic E-state index is 12.4. The number of nitrogen functional groups attached to an aromatic ring is 1. The van der Waals surface area contributed by atoms with Gasteiger partial charge in [-0.15, -0.1) is 0 Å². The summed E-state index contributed by atoms with van der Waals surface area (Å²) in [7, 11) is 0. The summed E-state index contributed by atoms with van der Waals surface area (Å²) in [5.74, 6) is 0.426. The number of amides is 1. The zero-order valence-electron chi connectivity index (χ0n) is 13.2. The topological polar surface area (TPSA) is 123 Å². The Morgan fingerprint density at radius 2 is 2.24 bits per heavy atom. The van der Waals surface area contributed by atoms with Crippen LogP contribution >= 0.6 is 0 Å². The van der Waals surface area contributed by atoms with Crippen LogP contribution in [0.3, 0.4) is 0 Å². The van der Waals surface area contributed by atoms with Gasteiger partial charge in [-0.05, 0) is 17.7 Å². The maximum Gasteiger partial charge on any atom is 0.272 e. The normalized spacial score (nSPS) is 13.4. The molecule has 8 nitrogen and oxygen atoms in total. The second kappa shape index (κ2) is 5.90. The monoisotopic (exact) mass is 337 g/mol. The van der Waals surface area contributed by atoms with E-state index in [0.717, 1.165) is 11.1 Å². The number of Topliss-reactive ketones (excluding diaryl/α,β-unsaturated/α-hetero) is 1. The molecule has 0 fully saturated rings. The lowest BCUT2D eigenvalue weighted by molar-refractivity contribution is -0.121. The number of fused-ring (bicyclic) bond motifs is 2. The molecule has 0 saturated carbocycles. The van der Waals surface area contributed by atoms with Gasteiger partial charge in [0.15, 0.2) is 11.5 Å². The van der Waals surface area contributed by atoms with Crippen LogP contribution in [0.15, 0.2) is 30.7 Å². The zero-order chi connectivity index (χ0) is 17.4. The number of carbonyl (C=O) groups excluding carboxylic acids is 2. The summed E-state index contributed by atoms with van der Waals surface area (Å²) in [6, 6.07) is 5.55. The van der Waals surface area contributed by atoms with Crippen LogP contribution in [0, 0.1) is 0 Å². The molecule has 0 bridgehead atoms. The molecule has 0 radical (unpaired) electrons. The molecular weight excluding hydrogens is 322 g/mol. The number of rotatable bonds is 3. The van der Waals surface area contributed by atoms with Gasteiger partial charge < -0.3 is 20.8 Å². The molecule has 0 saturated heterocycles. The molecule has 3 aromatic rings. The highest BCUT2D eigenvalue weighted by molar-refractivity contribution is 6.05. The van der Waals surface area contributed by atoms with Crippen LogP contribution in [0.25, 0.3) is 11.0 Å². The summed E-state index contributed by atoms with van der Waals surface area (Å²) < 4.78 is 5.37. The van der Waals surface area contributed by atoms with Crippen molar-refractivity contribution in [2.45, 2.75) is 13.0 Å². The van der Waals surface area contributed by atoms with Gasteiger partial charge in [0.25, 0.3) is 5.91 Å². The van der Waals surface area contributed by atoms with Crippen LogP contribution in [-0.2, 0) is 17.8 Å². The number of nitrogens with two attached hydrogens (primary N) is 1. The van der Waals surface area contributed by atoms with E-state index in [1.807, 2.05) is 18.2 Å². The second-order valence-electron chi connectivity index (χ2n) is 5.82. The molecule has 1 aliphatic rings. The predicted octanol–water partition coefficient (Wildman–Crippen LogP) is 0.974. The standard InChI is InChI=1S/C17H15N5O3/c18-12-6-19-15-14(12)21-8-22-16(15)17(24)20-5-9-1-2-13-10(3-9)4-11(23)7-25-13/h1-3,6,8,19H,4-5,7,18H2,(H,20,24). The number of nitrogens with zero attached hydrogens (tertiary/aromatic N) is 2. The van der Waals surface area contributed by atoms with Crippen molar-refractivity contribution in [3.63, 3.8) is 0 Å². The SMILES string of the molecule is Nc1c[nH]c2c(C(=O)NCc3ccc4c(c3)CC(=O)CO4)ncnc12. The summed E-state index contributed by atoms with van der Waals surface area (Å²) in [6.45, 7) is 0.425. The Hall–Kier alpha value is -3.42. The maximum absolute atomic E-state index is 12.4. The number of anilines is 1. The molecule has 4 rings (SSSR count). The molecular formula is C17H15N5O3. The smallest absolute Gasteiger partial charge is 0.272 e. The van der Waals surface area contributed by atoms with E-state index < -0.39 is 0 Å². The Bertz CT molecular complexity index is 995. The van der Waals surface area contributed by atoms with Crippen LogP contribution in [0.4, 0.5) is 5.69 Å². The fourth-order valence-corrected chi connectivity index (χ4v) is 2.84. The van der Waals surface area contributed by atoms with E-state index in [1.165, 1.54) is 6.33 Å². The highest BCUT2D eigenvalue weighted by Crippen LogP contribution is 2.24. The van der Waals surface area contributed by atoms with E-state index in [4.69, 9.17) is 10.5 Å². The predicted molar refractivity (Wildman–Crippen MR) is 90.1 cm³/mol. The van der Waals surface area contributed by atoms with E-state index in [9.17, 15) is 9.59 Å². The molecule has 0 aliphatic carbocycles. The largest absolute Gasteiger partial charge is 0.486 e. The van der Waals surface area contributed by atoms with Gasteiger partial charge in [-0.1, -0.05) is 6.07 Å². The minimum absolute atomic E-state index is 0.0430. The van der Waals surface area contributed by atoms with Gasteiger partial charge in [0.1, 0.15) is 24.2 Å². The van der Waals surface area contributed by atoms with Crippen LogP contribution in [-0.4, -0.2) is 33.2 Å². The van der Waals surface area contributed by atoms with E-state index in [-0.39, 0.29) is 24.0 Å². The van der Waals surface area contributed by atoms with Gasteiger partial charge in [0.2, 0.25) is 0 Å². The fourth-order valence-electron chi connectivity index (χ4n) is 2.84. The molecule has 0 spiro atoms. The second-order valence-corrected chi connectivity index (χ2v) is 5.82. The van der Waals surface area contributed by atoms with E-state index in [1.54, 1.807) is 6.20 Å². The van der Waals surface area contributed by atoms with E-state index in [0.29, 0.717) is 35.4 Å². The summed E-state index contributed by atoms with van der Waals surface area (Å²) in [4.78, 5) is 35.0. The first kappa shape index (κ1) is 15.1. The number of hydrogen-bond donors (Lipinski definition) is 3. The third-order valence-electron chi connectivity index (χ3n) is 4.06. The van der Waals surface area contributed by atoms with Gasteiger partial charge in [0, 0.05) is 24.7 Å². The number of H-pyrrole nitrogens is 1. The van der Waals surface area contributed by atoms with Gasteiger partial charge in [-0.25, -0.2) is 9.97 Å². The van der Waals surface area contributed by atoms with Crippen molar-refractivity contribution >= 4 is 28.4 Å². The van der Waals surface area contributed by atoms with Gasteiger partial charge in [0.05, 0.1) is 11.2 Å². The summed E-state index contributed by atoms with van der Waals surface area (Å²) in [5.41, 5.74) is 9.23. The minimum Gasteiger partial charge on any atom is -0.486 e. The Morgan fingerprint density at radius 3 is 3.12 bits per heavy atom. The number of aromatic amines is 1.